The van der Waals surface area contributed by atoms with Gasteiger partial charge in [0.15, 0.2) is 5.96 Å². The van der Waals surface area contributed by atoms with Crippen LogP contribution in [0.2, 0.25) is 0 Å². The van der Waals surface area contributed by atoms with E-state index >= 15 is 0 Å². The number of benzene rings is 1. The van der Waals surface area contributed by atoms with Crippen molar-refractivity contribution < 1.29 is 0 Å². The molecule has 1 N–H and O–H groups in total. The molecule has 0 amide bonds. The summed E-state index contributed by atoms with van der Waals surface area (Å²) in [6.07, 6.45) is 5.58. The summed E-state index contributed by atoms with van der Waals surface area (Å²) in [5.74, 6) is 1.09. The zero-order chi connectivity index (χ0) is 16.3. The second-order valence-electron chi connectivity index (χ2n) is 7.26. The van der Waals surface area contributed by atoms with Gasteiger partial charge in [0.25, 0.3) is 0 Å². The Kier molecular flexibility index (Phi) is 4.79. The lowest BCUT2D eigenvalue weighted by atomic mass is 9.68. The maximum absolute atomic E-state index is 4.90. The average molecular weight is 314 g/mol. The van der Waals surface area contributed by atoms with Crippen molar-refractivity contribution in [3.05, 3.63) is 29.8 Å². The number of hydrogen-bond acceptors (Lipinski definition) is 2. The van der Waals surface area contributed by atoms with E-state index in [9.17, 15) is 0 Å². The van der Waals surface area contributed by atoms with E-state index < -0.39 is 0 Å². The molecule has 1 saturated heterocycles. The first-order valence-corrected chi connectivity index (χ1v) is 8.91. The molecule has 2 aliphatic rings. The molecule has 0 radical (unpaired) electrons. The van der Waals surface area contributed by atoms with Crippen LogP contribution in [-0.2, 0) is 6.54 Å². The van der Waals surface area contributed by atoms with Gasteiger partial charge in [-0.05, 0) is 49.3 Å². The molecule has 1 aromatic rings. The molecule has 4 nitrogen and oxygen atoms in total. The number of guanidine groups is 1. The number of nitrogens with zero attached hydrogens (tertiary/aromatic N) is 3. The van der Waals surface area contributed by atoms with Crippen LogP contribution in [0.25, 0.3) is 0 Å². The Morgan fingerprint density at radius 2 is 2.13 bits per heavy atom. The van der Waals surface area contributed by atoms with Crippen molar-refractivity contribution in [2.45, 2.75) is 39.2 Å². The van der Waals surface area contributed by atoms with Crippen LogP contribution in [0, 0.1) is 5.41 Å². The summed E-state index contributed by atoms with van der Waals surface area (Å²) in [4.78, 5) is 9.51. The summed E-state index contributed by atoms with van der Waals surface area (Å²) in [6, 6.07) is 8.65. The van der Waals surface area contributed by atoms with Crippen LogP contribution in [0.4, 0.5) is 5.69 Å². The van der Waals surface area contributed by atoms with E-state index in [1.165, 1.54) is 43.5 Å². The standard InChI is InChI=1S/C19H30N4/c1-4-20-18(23-12-11-19(15-23)9-6-10-19)21-14-16-7-5-8-17(13-16)22(2)3/h5,7-8,13H,4,6,9-12,14-15H2,1-3H3,(H,20,21). The van der Waals surface area contributed by atoms with Gasteiger partial charge in [-0.2, -0.15) is 0 Å². The fourth-order valence-electron chi connectivity index (χ4n) is 3.73. The highest BCUT2D eigenvalue weighted by molar-refractivity contribution is 5.80. The summed E-state index contributed by atoms with van der Waals surface area (Å²) < 4.78 is 0. The number of likely N-dealkylation sites (tertiary alicyclic amines) is 1. The van der Waals surface area contributed by atoms with E-state index in [1.807, 2.05) is 0 Å². The van der Waals surface area contributed by atoms with E-state index in [-0.39, 0.29) is 0 Å². The largest absolute Gasteiger partial charge is 0.378 e. The Bertz CT molecular complexity index is 560. The molecule has 1 aliphatic heterocycles. The maximum atomic E-state index is 4.90. The topological polar surface area (TPSA) is 30.9 Å². The van der Waals surface area contributed by atoms with E-state index in [2.05, 4.69) is 60.4 Å². The molecule has 4 heteroatoms. The van der Waals surface area contributed by atoms with Crippen LogP contribution in [-0.4, -0.2) is 44.6 Å². The van der Waals surface area contributed by atoms with Gasteiger partial charge in [-0.25, -0.2) is 4.99 Å². The number of hydrogen-bond donors (Lipinski definition) is 1. The zero-order valence-electron chi connectivity index (χ0n) is 14.8. The molecule has 1 aliphatic carbocycles. The van der Waals surface area contributed by atoms with E-state index in [0.717, 1.165) is 25.6 Å². The van der Waals surface area contributed by atoms with Gasteiger partial charge < -0.3 is 15.1 Å². The molecule has 0 aromatic heterocycles. The van der Waals surface area contributed by atoms with Gasteiger partial charge in [-0.15, -0.1) is 0 Å². The van der Waals surface area contributed by atoms with E-state index in [4.69, 9.17) is 4.99 Å². The first-order valence-electron chi connectivity index (χ1n) is 8.91. The molecule has 0 atom stereocenters. The molecule has 126 valence electrons. The minimum atomic E-state index is 0.612. The van der Waals surface area contributed by atoms with Crippen molar-refractivity contribution in [1.29, 1.82) is 0 Å². The quantitative estimate of drug-likeness (QED) is 0.684. The Balaban J connectivity index is 1.68. The van der Waals surface area contributed by atoms with Crippen LogP contribution < -0.4 is 10.2 Å². The minimum absolute atomic E-state index is 0.612. The molecule has 1 spiro atoms. The highest BCUT2D eigenvalue weighted by Gasteiger charge is 2.43. The molecule has 23 heavy (non-hydrogen) atoms. The minimum Gasteiger partial charge on any atom is -0.378 e. The Morgan fingerprint density at radius 1 is 1.30 bits per heavy atom. The SMILES string of the molecule is CCNC(=NCc1cccc(N(C)C)c1)N1CCC2(CCC2)C1. The Labute approximate surface area is 140 Å². The smallest absolute Gasteiger partial charge is 0.194 e. The van der Waals surface area contributed by atoms with Crippen LogP contribution in [0.5, 0.6) is 0 Å². The monoisotopic (exact) mass is 314 g/mol. The predicted octanol–water partition coefficient (Wildman–Crippen LogP) is 3.09. The second-order valence-corrected chi connectivity index (χ2v) is 7.26. The van der Waals surface area contributed by atoms with Crippen molar-refractivity contribution >= 4 is 11.6 Å². The van der Waals surface area contributed by atoms with Gasteiger partial charge >= 0.3 is 0 Å². The van der Waals surface area contributed by atoms with Gasteiger partial charge in [0, 0.05) is 39.4 Å². The lowest BCUT2D eigenvalue weighted by molar-refractivity contribution is 0.151. The normalized spacial score (nSPS) is 19.8. The molecule has 0 bridgehead atoms. The van der Waals surface area contributed by atoms with Crippen LogP contribution in [0.15, 0.2) is 29.3 Å². The summed E-state index contributed by atoms with van der Waals surface area (Å²) in [6.45, 7) is 6.17. The van der Waals surface area contributed by atoms with Crippen LogP contribution in [0.1, 0.15) is 38.2 Å². The average Bonchev–Trinajstić information content (AvgIpc) is 2.97. The van der Waals surface area contributed by atoms with Crippen molar-refractivity contribution in [2.24, 2.45) is 10.4 Å². The summed E-state index contributed by atoms with van der Waals surface area (Å²) in [5, 5.41) is 3.48. The van der Waals surface area contributed by atoms with Crippen molar-refractivity contribution in [2.75, 3.05) is 38.6 Å². The molecule has 1 heterocycles. The molecule has 3 rings (SSSR count). The molecule has 1 aromatic carbocycles. The molecule has 0 unspecified atom stereocenters. The molecule has 2 fully saturated rings. The van der Waals surface area contributed by atoms with Gasteiger partial charge in [0.05, 0.1) is 6.54 Å². The Hall–Kier alpha value is -1.71. The number of anilines is 1. The summed E-state index contributed by atoms with van der Waals surface area (Å²) >= 11 is 0. The lowest BCUT2D eigenvalue weighted by Crippen LogP contribution is -2.42. The first kappa shape index (κ1) is 16.2. The van der Waals surface area contributed by atoms with Crippen LogP contribution in [0.3, 0.4) is 0 Å². The molecule has 1 saturated carbocycles. The zero-order valence-corrected chi connectivity index (χ0v) is 14.8. The second kappa shape index (κ2) is 6.81. The highest BCUT2D eigenvalue weighted by atomic mass is 15.3. The number of nitrogens with one attached hydrogen (secondary N) is 1. The van der Waals surface area contributed by atoms with E-state index in [1.54, 1.807) is 0 Å². The summed E-state index contributed by atoms with van der Waals surface area (Å²) in [7, 11) is 4.16. The third-order valence-corrected chi connectivity index (χ3v) is 5.33. The highest BCUT2D eigenvalue weighted by Crippen LogP contribution is 2.47. The number of rotatable bonds is 4. The number of aliphatic imine (C=N–C) groups is 1. The van der Waals surface area contributed by atoms with E-state index in [0.29, 0.717) is 5.41 Å². The Morgan fingerprint density at radius 3 is 2.74 bits per heavy atom. The van der Waals surface area contributed by atoms with Crippen molar-refractivity contribution in [3.8, 4) is 0 Å². The van der Waals surface area contributed by atoms with Crippen molar-refractivity contribution in [3.63, 3.8) is 0 Å². The predicted molar refractivity (Wildman–Crippen MR) is 98.1 cm³/mol. The van der Waals surface area contributed by atoms with Gasteiger partial charge in [-0.3, -0.25) is 0 Å². The third-order valence-electron chi connectivity index (χ3n) is 5.33. The summed E-state index contributed by atoms with van der Waals surface area (Å²) in [5.41, 5.74) is 3.11. The third kappa shape index (κ3) is 3.62. The van der Waals surface area contributed by atoms with Gasteiger partial charge in [-0.1, -0.05) is 18.6 Å². The van der Waals surface area contributed by atoms with Gasteiger partial charge in [0.1, 0.15) is 0 Å². The lowest BCUT2D eigenvalue weighted by Gasteiger charge is -2.38. The first-order chi connectivity index (χ1) is 11.1. The van der Waals surface area contributed by atoms with Crippen molar-refractivity contribution in [1.82, 2.24) is 10.2 Å². The maximum Gasteiger partial charge on any atom is 0.194 e. The molecular formula is C19H30N4. The fraction of sp³-hybridized carbons (Fsp3) is 0.632. The fourth-order valence-corrected chi connectivity index (χ4v) is 3.73. The molecular weight excluding hydrogens is 284 g/mol. The van der Waals surface area contributed by atoms with Crippen LogP contribution >= 0.6 is 0 Å². The van der Waals surface area contributed by atoms with Gasteiger partial charge in [0.2, 0.25) is 0 Å².